The molecule has 0 spiro atoms. The zero-order valence-corrected chi connectivity index (χ0v) is 16.0. The second-order valence-electron chi connectivity index (χ2n) is 7.21. The van der Waals surface area contributed by atoms with Gasteiger partial charge in [0, 0.05) is 50.7 Å². The molecule has 0 radical (unpaired) electrons. The number of aromatic nitrogens is 3. The third-order valence-electron chi connectivity index (χ3n) is 5.18. The number of hydrogen-bond acceptors (Lipinski definition) is 4. The maximum Gasteiger partial charge on any atom is 0.138 e. The zero-order chi connectivity index (χ0) is 17.1. The average molecular weight is 357 g/mol. The first-order chi connectivity index (χ1) is 12.3. The van der Waals surface area contributed by atoms with Crippen LogP contribution in [0, 0.1) is 0 Å². The molecule has 0 aromatic carbocycles. The highest BCUT2D eigenvalue weighted by molar-refractivity contribution is 7.65. The number of hydrogen-bond donors (Lipinski definition) is 0. The summed E-state index contributed by atoms with van der Waals surface area (Å²) in [5, 5.41) is 0. The third-order valence-corrected chi connectivity index (χ3v) is 7.21. The van der Waals surface area contributed by atoms with E-state index in [9.17, 15) is 0 Å². The van der Waals surface area contributed by atoms with Gasteiger partial charge in [0.25, 0.3) is 0 Å². The highest BCUT2D eigenvalue weighted by Gasteiger charge is 2.20. The number of pyridine rings is 1. The van der Waals surface area contributed by atoms with Crippen LogP contribution in [0.2, 0.25) is 0 Å². The summed E-state index contributed by atoms with van der Waals surface area (Å²) in [6.07, 6.45) is 13.3. The number of rotatable bonds is 7. The molecule has 2 aromatic rings. The number of imidazole rings is 1. The van der Waals surface area contributed by atoms with Gasteiger partial charge in [-0.3, -0.25) is 0 Å². The molecule has 0 N–H and O–H groups in total. The lowest BCUT2D eigenvalue weighted by Crippen LogP contribution is -2.45. The quantitative estimate of drug-likeness (QED) is 0.564. The largest absolute Gasteiger partial charge is 0.353 e. The van der Waals surface area contributed by atoms with Gasteiger partial charge in [0.05, 0.1) is 12.0 Å². The summed E-state index contributed by atoms with van der Waals surface area (Å²) in [7, 11) is 2.66. The van der Waals surface area contributed by atoms with Gasteiger partial charge in [-0.2, -0.15) is 0 Å². The van der Waals surface area contributed by atoms with E-state index in [1.54, 1.807) is 0 Å². The number of unbranched alkanes of at least 4 members (excludes halogenated alkanes) is 1. The van der Waals surface area contributed by atoms with E-state index >= 15 is 0 Å². The minimum atomic E-state index is 0.481. The summed E-state index contributed by atoms with van der Waals surface area (Å²) >= 11 is 0. The van der Waals surface area contributed by atoms with Gasteiger partial charge >= 0.3 is 0 Å². The molecule has 5 nitrogen and oxygen atoms in total. The summed E-state index contributed by atoms with van der Waals surface area (Å²) in [6, 6.07) is 4.18. The van der Waals surface area contributed by atoms with Gasteiger partial charge < -0.3 is 14.4 Å². The van der Waals surface area contributed by atoms with Crippen molar-refractivity contribution < 1.29 is 0 Å². The molecule has 2 fully saturated rings. The Morgan fingerprint density at radius 3 is 2.72 bits per heavy atom. The van der Waals surface area contributed by atoms with E-state index in [1.807, 2.05) is 18.6 Å². The van der Waals surface area contributed by atoms with Crippen LogP contribution in [0.5, 0.6) is 0 Å². The fourth-order valence-corrected chi connectivity index (χ4v) is 5.10. The summed E-state index contributed by atoms with van der Waals surface area (Å²) < 4.78 is 2.25. The van der Waals surface area contributed by atoms with Crippen LogP contribution < -0.4 is 4.90 Å². The van der Waals surface area contributed by atoms with Crippen molar-refractivity contribution in [3.63, 3.8) is 0 Å². The number of anilines is 1. The Bertz CT molecular complexity index is 689. The minimum Gasteiger partial charge on any atom is -0.353 e. The van der Waals surface area contributed by atoms with Gasteiger partial charge in [-0.1, -0.05) is 0 Å². The second-order valence-corrected chi connectivity index (χ2v) is 9.89. The molecule has 0 bridgehead atoms. The van der Waals surface area contributed by atoms with Crippen LogP contribution in [-0.4, -0.2) is 71.1 Å². The zero-order valence-electron chi connectivity index (χ0n) is 15.1. The van der Waals surface area contributed by atoms with E-state index in [-0.39, 0.29) is 0 Å². The van der Waals surface area contributed by atoms with Gasteiger partial charge in [-0.25, -0.2) is 9.97 Å². The van der Waals surface area contributed by atoms with Crippen molar-refractivity contribution >= 4 is 13.7 Å². The van der Waals surface area contributed by atoms with Crippen LogP contribution in [0.25, 0.3) is 11.3 Å². The van der Waals surface area contributed by atoms with Crippen molar-refractivity contribution in [1.29, 1.82) is 0 Å². The van der Waals surface area contributed by atoms with E-state index in [2.05, 4.69) is 43.6 Å². The van der Waals surface area contributed by atoms with Gasteiger partial charge in [0.2, 0.25) is 0 Å². The first kappa shape index (κ1) is 17.0. The van der Waals surface area contributed by atoms with E-state index in [0.29, 0.717) is 7.92 Å². The van der Waals surface area contributed by atoms with Crippen molar-refractivity contribution in [1.82, 2.24) is 19.4 Å². The molecule has 6 heteroatoms. The number of piperazine rings is 1. The fourth-order valence-electron chi connectivity index (χ4n) is 3.41. The Morgan fingerprint density at radius 1 is 1.08 bits per heavy atom. The maximum atomic E-state index is 4.68. The van der Waals surface area contributed by atoms with Gasteiger partial charge in [0.1, 0.15) is 5.82 Å². The standard InChI is InChI=1S/C19H28N5P/c1-22-8-10-24(11-9-22)19-17(5-4-6-20-19)18-15-23(16-21-18)7-2-3-12-25-13-14-25/h4-6,15-16H,2-3,7-14H2,1H3. The van der Waals surface area contributed by atoms with Gasteiger partial charge in [0.15, 0.2) is 0 Å². The highest BCUT2D eigenvalue weighted by Crippen LogP contribution is 2.50. The third kappa shape index (κ3) is 4.39. The first-order valence-corrected chi connectivity index (χ1v) is 11.3. The fraction of sp³-hybridized carbons (Fsp3) is 0.579. The van der Waals surface area contributed by atoms with Crippen molar-refractivity contribution in [2.24, 2.45) is 0 Å². The lowest BCUT2D eigenvalue weighted by molar-refractivity contribution is 0.312. The summed E-state index contributed by atoms with van der Waals surface area (Å²) in [4.78, 5) is 14.1. The van der Waals surface area contributed by atoms with Gasteiger partial charge in [-0.15, -0.1) is 7.92 Å². The molecular formula is C19H28N5P. The summed E-state index contributed by atoms with van der Waals surface area (Å²) in [5.74, 6) is 1.08. The topological polar surface area (TPSA) is 37.2 Å². The van der Waals surface area contributed by atoms with Crippen LogP contribution in [0.15, 0.2) is 30.9 Å². The molecule has 134 valence electrons. The number of nitrogens with zero attached hydrogens (tertiary/aromatic N) is 5. The Morgan fingerprint density at radius 2 is 1.92 bits per heavy atom. The monoisotopic (exact) mass is 357 g/mol. The summed E-state index contributed by atoms with van der Waals surface area (Å²) in [5.41, 5.74) is 2.21. The average Bonchev–Trinajstić information content (AvgIpc) is 3.35. The SMILES string of the molecule is CN1CCN(c2ncccc2-c2cn(CCCCP3CC3)cn2)CC1. The van der Waals surface area contributed by atoms with Crippen molar-refractivity contribution in [2.75, 3.05) is 56.6 Å². The maximum absolute atomic E-state index is 4.68. The lowest BCUT2D eigenvalue weighted by Gasteiger charge is -2.34. The van der Waals surface area contributed by atoms with Crippen molar-refractivity contribution in [3.8, 4) is 11.3 Å². The predicted molar refractivity (Wildman–Crippen MR) is 106 cm³/mol. The van der Waals surface area contributed by atoms with Crippen LogP contribution in [-0.2, 0) is 6.54 Å². The molecule has 0 unspecified atom stereocenters. The molecule has 0 aliphatic carbocycles. The van der Waals surface area contributed by atoms with Crippen LogP contribution in [0.3, 0.4) is 0 Å². The van der Waals surface area contributed by atoms with Crippen LogP contribution in [0.4, 0.5) is 5.82 Å². The second kappa shape index (κ2) is 7.84. The Kier molecular flexibility index (Phi) is 5.33. The van der Waals surface area contributed by atoms with E-state index in [1.165, 1.54) is 31.3 Å². The molecule has 2 aliphatic rings. The molecule has 2 saturated heterocycles. The first-order valence-electron chi connectivity index (χ1n) is 9.42. The lowest BCUT2D eigenvalue weighted by atomic mass is 10.1. The Labute approximate surface area is 151 Å². The molecule has 25 heavy (non-hydrogen) atoms. The predicted octanol–water partition coefficient (Wildman–Crippen LogP) is 2.97. The van der Waals surface area contributed by atoms with Crippen molar-refractivity contribution in [3.05, 3.63) is 30.9 Å². The molecule has 0 amide bonds. The Hall–Kier alpha value is -1.45. The summed E-state index contributed by atoms with van der Waals surface area (Å²) in [6.45, 7) is 5.33. The van der Waals surface area contributed by atoms with E-state index < -0.39 is 0 Å². The van der Waals surface area contributed by atoms with E-state index in [4.69, 9.17) is 0 Å². The molecule has 4 heterocycles. The molecule has 0 saturated carbocycles. The molecule has 2 aliphatic heterocycles. The minimum absolute atomic E-state index is 0.481. The number of aryl methyl sites for hydroxylation is 1. The molecule has 2 aromatic heterocycles. The Balaban J connectivity index is 1.42. The smallest absolute Gasteiger partial charge is 0.138 e. The van der Waals surface area contributed by atoms with Crippen LogP contribution in [0.1, 0.15) is 12.8 Å². The normalized spacial score (nSPS) is 18.7. The van der Waals surface area contributed by atoms with Crippen LogP contribution >= 0.6 is 7.92 Å². The number of likely N-dealkylation sites (N-methyl/N-ethyl adjacent to an activating group) is 1. The van der Waals surface area contributed by atoms with Gasteiger partial charge in [-0.05, 0) is 50.5 Å². The van der Waals surface area contributed by atoms with Crippen molar-refractivity contribution in [2.45, 2.75) is 19.4 Å². The highest BCUT2D eigenvalue weighted by atomic mass is 31.1. The van der Waals surface area contributed by atoms with E-state index in [0.717, 1.165) is 49.8 Å². The molecule has 4 rings (SSSR count). The molecule has 0 atom stereocenters. The molecular weight excluding hydrogens is 329 g/mol.